The number of nitrogens with zero attached hydrogens (tertiary/aromatic N) is 3. The molecule has 0 atom stereocenters. The molecule has 0 unspecified atom stereocenters. The van der Waals surface area contributed by atoms with Crippen LogP contribution in [0.5, 0.6) is 0 Å². The van der Waals surface area contributed by atoms with Crippen molar-refractivity contribution in [1.29, 1.82) is 0 Å². The molecule has 0 aliphatic rings. The van der Waals surface area contributed by atoms with E-state index >= 15 is 0 Å². The Morgan fingerprint density at radius 3 is 2.48 bits per heavy atom. The van der Waals surface area contributed by atoms with Gasteiger partial charge in [0.15, 0.2) is 5.03 Å². The molecule has 1 aromatic carbocycles. The van der Waals surface area contributed by atoms with Crippen molar-refractivity contribution in [2.24, 2.45) is 7.05 Å². The summed E-state index contributed by atoms with van der Waals surface area (Å²) in [6, 6.07) is 9.55. The fraction of sp³-hybridized carbons (Fsp3) is 0.357. The minimum Gasteiger partial charge on any atom is -0.337 e. The van der Waals surface area contributed by atoms with Crippen LogP contribution >= 0.6 is 15.9 Å². The monoisotopic (exact) mass is 371 g/mol. The topological polar surface area (TPSA) is 55.2 Å². The summed E-state index contributed by atoms with van der Waals surface area (Å²) in [6.45, 7) is 2.52. The van der Waals surface area contributed by atoms with Crippen LogP contribution in [0.4, 0.5) is 0 Å². The van der Waals surface area contributed by atoms with Crippen molar-refractivity contribution >= 4 is 26.0 Å². The molecule has 0 aliphatic carbocycles. The molecule has 5 nitrogen and oxygen atoms in total. The fourth-order valence-corrected chi connectivity index (χ4v) is 4.07. The highest BCUT2D eigenvalue weighted by atomic mass is 79.9. The predicted octanol–water partition coefficient (Wildman–Crippen LogP) is 2.31. The van der Waals surface area contributed by atoms with Gasteiger partial charge in [-0.1, -0.05) is 46.3 Å². The molecule has 0 N–H and O–H groups in total. The van der Waals surface area contributed by atoms with E-state index in [0.717, 1.165) is 5.56 Å². The van der Waals surface area contributed by atoms with Crippen LogP contribution in [-0.4, -0.2) is 34.1 Å². The third kappa shape index (κ3) is 3.72. The molecule has 2 rings (SSSR count). The first kappa shape index (κ1) is 16.2. The number of hydrogen-bond donors (Lipinski definition) is 0. The lowest BCUT2D eigenvalue weighted by atomic mass is 10.2. The largest absolute Gasteiger partial charge is 0.337 e. The van der Waals surface area contributed by atoms with Gasteiger partial charge < -0.3 is 4.57 Å². The molecular formula is C14H18BrN3O2S. The highest BCUT2D eigenvalue weighted by molar-refractivity contribution is 9.09. The Balaban J connectivity index is 2.32. The molecule has 114 valence electrons. The second kappa shape index (κ2) is 6.72. The van der Waals surface area contributed by atoms with E-state index in [0.29, 0.717) is 24.2 Å². The highest BCUT2D eigenvalue weighted by Crippen LogP contribution is 2.18. The van der Waals surface area contributed by atoms with Gasteiger partial charge in [0.2, 0.25) is 0 Å². The molecule has 1 heterocycles. The van der Waals surface area contributed by atoms with Crippen LogP contribution in [0.25, 0.3) is 0 Å². The SMILES string of the molecule is Cc1nc(S(=O)(=O)N(CCBr)Cc2ccccc2)cn1C. The van der Waals surface area contributed by atoms with Gasteiger partial charge in [0.25, 0.3) is 10.0 Å². The zero-order valence-corrected chi connectivity index (χ0v) is 14.4. The molecule has 0 radical (unpaired) electrons. The van der Waals surface area contributed by atoms with Gasteiger partial charge in [0, 0.05) is 31.7 Å². The second-order valence-corrected chi connectivity index (χ2v) is 7.43. The van der Waals surface area contributed by atoms with Crippen molar-refractivity contribution in [2.75, 3.05) is 11.9 Å². The van der Waals surface area contributed by atoms with Gasteiger partial charge in [-0.25, -0.2) is 13.4 Å². The van der Waals surface area contributed by atoms with E-state index in [1.807, 2.05) is 30.3 Å². The number of benzene rings is 1. The third-order valence-electron chi connectivity index (χ3n) is 3.23. The lowest BCUT2D eigenvalue weighted by Crippen LogP contribution is -2.32. The summed E-state index contributed by atoms with van der Waals surface area (Å²) in [5, 5.41) is 0.671. The summed E-state index contributed by atoms with van der Waals surface area (Å²) in [5.74, 6) is 0.673. The zero-order chi connectivity index (χ0) is 15.5. The molecule has 0 saturated heterocycles. The smallest absolute Gasteiger partial charge is 0.262 e. The van der Waals surface area contributed by atoms with Gasteiger partial charge in [0.05, 0.1) is 0 Å². The number of rotatable bonds is 6. The van der Waals surface area contributed by atoms with E-state index in [9.17, 15) is 8.42 Å². The third-order valence-corrected chi connectivity index (χ3v) is 5.30. The van der Waals surface area contributed by atoms with Crippen molar-refractivity contribution < 1.29 is 8.42 Å². The van der Waals surface area contributed by atoms with Crippen LogP contribution in [-0.2, 0) is 23.6 Å². The van der Waals surface area contributed by atoms with Crippen molar-refractivity contribution in [3.8, 4) is 0 Å². The Kier molecular flexibility index (Phi) is 5.18. The van der Waals surface area contributed by atoms with Crippen molar-refractivity contribution in [3.05, 3.63) is 47.9 Å². The van der Waals surface area contributed by atoms with Gasteiger partial charge in [-0.05, 0) is 12.5 Å². The molecule has 0 fully saturated rings. The molecular weight excluding hydrogens is 354 g/mol. The van der Waals surface area contributed by atoms with E-state index in [-0.39, 0.29) is 5.03 Å². The van der Waals surface area contributed by atoms with Crippen LogP contribution in [0.2, 0.25) is 0 Å². The number of halogens is 1. The van der Waals surface area contributed by atoms with Crippen molar-refractivity contribution in [3.63, 3.8) is 0 Å². The van der Waals surface area contributed by atoms with Crippen LogP contribution < -0.4 is 0 Å². The Bertz CT molecular complexity index is 679. The minimum absolute atomic E-state index is 0.0966. The van der Waals surface area contributed by atoms with Gasteiger partial charge in [-0.2, -0.15) is 4.31 Å². The Hall–Kier alpha value is -1.18. The standard InChI is InChI=1S/C14H18BrN3O2S/c1-12-16-14(11-17(12)2)21(19,20)18(9-8-15)10-13-6-4-3-5-7-13/h3-7,11H,8-10H2,1-2H3. The van der Waals surface area contributed by atoms with Crippen LogP contribution in [0.1, 0.15) is 11.4 Å². The molecule has 0 spiro atoms. The quantitative estimate of drug-likeness (QED) is 0.732. The van der Waals surface area contributed by atoms with E-state index in [1.165, 1.54) is 4.31 Å². The molecule has 0 amide bonds. The predicted molar refractivity (Wildman–Crippen MR) is 85.8 cm³/mol. The lowest BCUT2D eigenvalue weighted by Gasteiger charge is -2.20. The molecule has 0 saturated carbocycles. The minimum atomic E-state index is -3.59. The van der Waals surface area contributed by atoms with Gasteiger partial charge >= 0.3 is 0 Å². The number of hydrogen-bond acceptors (Lipinski definition) is 3. The van der Waals surface area contributed by atoms with Crippen LogP contribution in [0.15, 0.2) is 41.6 Å². The van der Waals surface area contributed by atoms with E-state index < -0.39 is 10.0 Å². The number of aryl methyl sites for hydroxylation is 2. The summed E-state index contributed by atoms with van der Waals surface area (Å²) < 4.78 is 28.6. The number of alkyl halides is 1. The van der Waals surface area contributed by atoms with E-state index in [2.05, 4.69) is 20.9 Å². The van der Waals surface area contributed by atoms with E-state index in [4.69, 9.17) is 0 Å². The van der Waals surface area contributed by atoms with Crippen LogP contribution in [0.3, 0.4) is 0 Å². The lowest BCUT2D eigenvalue weighted by molar-refractivity contribution is 0.424. The molecule has 0 aliphatic heterocycles. The fourth-order valence-electron chi connectivity index (χ4n) is 1.95. The number of aromatic nitrogens is 2. The van der Waals surface area contributed by atoms with Crippen molar-refractivity contribution in [2.45, 2.75) is 18.5 Å². The molecule has 0 bridgehead atoms. The van der Waals surface area contributed by atoms with E-state index in [1.54, 1.807) is 24.7 Å². The highest BCUT2D eigenvalue weighted by Gasteiger charge is 2.27. The summed E-state index contributed by atoms with van der Waals surface area (Å²) in [6.07, 6.45) is 1.55. The summed E-state index contributed by atoms with van der Waals surface area (Å²) in [5.41, 5.74) is 0.953. The first-order valence-electron chi connectivity index (χ1n) is 6.55. The number of imidazole rings is 1. The Labute approximate surface area is 133 Å². The average molecular weight is 372 g/mol. The summed E-state index contributed by atoms with van der Waals surface area (Å²) >= 11 is 3.32. The maximum Gasteiger partial charge on any atom is 0.262 e. The Morgan fingerprint density at radius 2 is 1.95 bits per heavy atom. The normalized spacial score (nSPS) is 12.0. The van der Waals surface area contributed by atoms with Crippen LogP contribution in [0, 0.1) is 6.92 Å². The zero-order valence-electron chi connectivity index (χ0n) is 12.0. The molecule has 7 heteroatoms. The second-order valence-electron chi connectivity index (χ2n) is 4.75. The van der Waals surface area contributed by atoms with Gasteiger partial charge in [0.1, 0.15) is 5.82 Å². The first-order chi connectivity index (χ1) is 9.95. The van der Waals surface area contributed by atoms with Gasteiger partial charge in [-0.15, -0.1) is 0 Å². The summed E-state index contributed by atoms with van der Waals surface area (Å²) in [7, 11) is -1.81. The van der Waals surface area contributed by atoms with Gasteiger partial charge in [-0.3, -0.25) is 0 Å². The maximum atomic E-state index is 12.7. The first-order valence-corrected chi connectivity index (χ1v) is 9.11. The maximum absolute atomic E-state index is 12.7. The average Bonchev–Trinajstić information content (AvgIpc) is 2.80. The van der Waals surface area contributed by atoms with Crippen molar-refractivity contribution in [1.82, 2.24) is 13.9 Å². The molecule has 21 heavy (non-hydrogen) atoms. The number of sulfonamides is 1. The molecule has 1 aromatic heterocycles. The summed E-state index contributed by atoms with van der Waals surface area (Å²) in [4.78, 5) is 4.14. The Morgan fingerprint density at radius 1 is 1.29 bits per heavy atom. The molecule has 2 aromatic rings.